The summed E-state index contributed by atoms with van der Waals surface area (Å²) in [7, 11) is 0. The number of amides is 2. The van der Waals surface area contributed by atoms with Gasteiger partial charge in [-0.1, -0.05) is 35.5 Å². The van der Waals surface area contributed by atoms with Gasteiger partial charge >= 0.3 is 0 Å². The summed E-state index contributed by atoms with van der Waals surface area (Å²) in [4.78, 5) is 32.0. The van der Waals surface area contributed by atoms with Gasteiger partial charge in [-0.05, 0) is 43.8 Å². The molecule has 30 heavy (non-hydrogen) atoms. The number of nitrogens with zero attached hydrogens (tertiary/aromatic N) is 3. The first kappa shape index (κ1) is 22.1. The predicted octanol–water partition coefficient (Wildman–Crippen LogP) is 3.81. The van der Waals surface area contributed by atoms with E-state index in [1.165, 1.54) is 17.3 Å². The third-order valence-electron chi connectivity index (χ3n) is 4.65. The van der Waals surface area contributed by atoms with Crippen molar-refractivity contribution in [3.63, 3.8) is 0 Å². The summed E-state index contributed by atoms with van der Waals surface area (Å²) >= 11 is 2.98. The summed E-state index contributed by atoms with van der Waals surface area (Å²) < 4.78 is 2.00. The number of benzene rings is 1. The molecular weight excluding hydrogens is 416 g/mol. The number of likely N-dealkylation sites (N-methyl/N-ethyl adjacent to an activating group) is 1. The van der Waals surface area contributed by atoms with Crippen LogP contribution in [0.1, 0.15) is 22.9 Å². The topological polar surface area (TPSA) is 67.2 Å². The highest BCUT2D eigenvalue weighted by molar-refractivity contribution is 7.99. The van der Waals surface area contributed by atoms with Crippen molar-refractivity contribution in [1.82, 2.24) is 19.8 Å². The Morgan fingerprint density at radius 3 is 2.80 bits per heavy atom. The number of thioether (sulfide) groups is 1. The van der Waals surface area contributed by atoms with E-state index in [4.69, 9.17) is 0 Å². The first-order valence-electron chi connectivity index (χ1n) is 9.78. The monoisotopic (exact) mass is 442 g/mol. The van der Waals surface area contributed by atoms with Gasteiger partial charge in [0.05, 0.1) is 24.5 Å². The standard InChI is InChI=1S/C22H26N4O2S2/c1-4-25(14-20(27)24-13-18-6-5-11-29-18)21(28)15-30-22-23-9-10-26(22)19-8-7-16(2)12-17(19)3/h5-12H,4,13-15H2,1-3H3,(H,24,27). The number of hydrogen-bond donors (Lipinski definition) is 1. The highest BCUT2D eigenvalue weighted by atomic mass is 32.2. The van der Waals surface area contributed by atoms with Crippen LogP contribution in [0.4, 0.5) is 0 Å². The van der Waals surface area contributed by atoms with E-state index in [1.807, 2.05) is 35.2 Å². The van der Waals surface area contributed by atoms with Crippen molar-refractivity contribution in [3.05, 3.63) is 64.1 Å². The van der Waals surface area contributed by atoms with Gasteiger partial charge in [0, 0.05) is 23.8 Å². The van der Waals surface area contributed by atoms with E-state index in [-0.39, 0.29) is 24.1 Å². The first-order valence-corrected chi connectivity index (χ1v) is 11.6. The smallest absolute Gasteiger partial charge is 0.239 e. The van der Waals surface area contributed by atoms with E-state index in [9.17, 15) is 9.59 Å². The number of imidazole rings is 1. The van der Waals surface area contributed by atoms with Crippen molar-refractivity contribution in [2.75, 3.05) is 18.8 Å². The maximum absolute atomic E-state index is 12.7. The molecule has 8 heteroatoms. The van der Waals surface area contributed by atoms with Gasteiger partial charge in [-0.25, -0.2) is 4.98 Å². The summed E-state index contributed by atoms with van der Waals surface area (Å²) in [5.41, 5.74) is 3.41. The molecular formula is C22H26N4O2S2. The fraction of sp³-hybridized carbons (Fsp3) is 0.318. The number of nitrogens with one attached hydrogen (secondary N) is 1. The number of hydrogen-bond acceptors (Lipinski definition) is 5. The molecule has 0 saturated carbocycles. The van der Waals surface area contributed by atoms with E-state index in [1.54, 1.807) is 22.4 Å². The summed E-state index contributed by atoms with van der Waals surface area (Å²) in [5, 5.41) is 5.60. The molecule has 0 aliphatic heterocycles. The van der Waals surface area contributed by atoms with Crippen molar-refractivity contribution >= 4 is 34.9 Å². The normalized spacial score (nSPS) is 10.8. The largest absolute Gasteiger partial charge is 0.350 e. The molecule has 0 saturated heterocycles. The van der Waals surface area contributed by atoms with E-state index in [0.29, 0.717) is 13.1 Å². The number of aromatic nitrogens is 2. The summed E-state index contributed by atoms with van der Waals surface area (Å²) in [6, 6.07) is 10.2. The molecule has 0 fully saturated rings. The highest BCUT2D eigenvalue weighted by Crippen LogP contribution is 2.23. The Balaban J connectivity index is 1.56. The molecule has 0 radical (unpaired) electrons. The summed E-state index contributed by atoms with van der Waals surface area (Å²) in [5.74, 6) is -0.00197. The van der Waals surface area contributed by atoms with Gasteiger partial charge in [-0.15, -0.1) is 11.3 Å². The van der Waals surface area contributed by atoms with Crippen LogP contribution < -0.4 is 5.32 Å². The van der Waals surface area contributed by atoms with Crippen molar-refractivity contribution in [1.29, 1.82) is 0 Å². The van der Waals surface area contributed by atoms with Gasteiger partial charge in [-0.3, -0.25) is 14.2 Å². The molecule has 6 nitrogen and oxygen atoms in total. The lowest BCUT2D eigenvalue weighted by atomic mass is 10.1. The number of carbonyl (C=O) groups is 2. The van der Waals surface area contributed by atoms with E-state index in [0.717, 1.165) is 21.3 Å². The molecule has 0 unspecified atom stereocenters. The van der Waals surface area contributed by atoms with Crippen LogP contribution in [0.15, 0.2) is 53.3 Å². The van der Waals surface area contributed by atoms with Crippen molar-refractivity contribution in [2.24, 2.45) is 0 Å². The SMILES string of the molecule is CCN(CC(=O)NCc1cccs1)C(=O)CSc1nccn1-c1ccc(C)cc1C. The van der Waals surface area contributed by atoms with Gasteiger partial charge in [-0.2, -0.15) is 0 Å². The maximum atomic E-state index is 12.7. The average molecular weight is 443 g/mol. The summed E-state index contributed by atoms with van der Waals surface area (Å²) in [6.07, 6.45) is 3.64. The zero-order valence-corrected chi connectivity index (χ0v) is 19.1. The second kappa shape index (κ2) is 10.4. The fourth-order valence-electron chi connectivity index (χ4n) is 3.08. The fourth-order valence-corrected chi connectivity index (χ4v) is 4.59. The second-order valence-electron chi connectivity index (χ2n) is 6.92. The van der Waals surface area contributed by atoms with Gasteiger partial charge in [0.15, 0.2) is 5.16 Å². The lowest BCUT2D eigenvalue weighted by Gasteiger charge is -2.20. The van der Waals surface area contributed by atoms with Gasteiger partial charge in [0.1, 0.15) is 0 Å². The van der Waals surface area contributed by atoms with Gasteiger partial charge in [0.25, 0.3) is 0 Å². The average Bonchev–Trinajstić information content (AvgIpc) is 3.40. The molecule has 2 aromatic heterocycles. The Hall–Kier alpha value is -2.58. The van der Waals surface area contributed by atoms with Crippen LogP contribution >= 0.6 is 23.1 Å². The highest BCUT2D eigenvalue weighted by Gasteiger charge is 2.17. The lowest BCUT2D eigenvalue weighted by molar-refractivity contribution is -0.133. The Bertz CT molecular complexity index is 998. The molecule has 3 aromatic rings. The van der Waals surface area contributed by atoms with Gasteiger partial charge in [0.2, 0.25) is 11.8 Å². The minimum absolute atomic E-state index is 0.0623. The Labute approximate surface area is 185 Å². The molecule has 0 aliphatic rings. The quantitative estimate of drug-likeness (QED) is 0.512. The Kier molecular flexibility index (Phi) is 7.70. The van der Waals surface area contributed by atoms with E-state index in [2.05, 4.69) is 42.3 Å². The Morgan fingerprint density at radius 2 is 2.10 bits per heavy atom. The lowest BCUT2D eigenvalue weighted by Crippen LogP contribution is -2.41. The molecule has 0 atom stereocenters. The third-order valence-corrected chi connectivity index (χ3v) is 6.48. The minimum Gasteiger partial charge on any atom is -0.350 e. The minimum atomic E-state index is -0.152. The number of carbonyl (C=O) groups excluding carboxylic acids is 2. The molecule has 0 spiro atoms. The zero-order chi connectivity index (χ0) is 21.5. The molecule has 2 heterocycles. The van der Waals surface area contributed by atoms with E-state index >= 15 is 0 Å². The van der Waals surface area contributed by atoms with Crippen LogP contribution in [0.2, 0.25) is 0 Å². The van der Waals surface area contributed by atoms with Crippen LogP contribution in [0.5, 0.6) is 0 Å². The third kappa shape index (κ3) is 5.73. The Morgan fingerprint density at radius 1 is 1.27 bits per heavy atom. The maximum Gasteiger partial charge on any atom is 0.239 e. The van der Waals surface area contributed by atoms with Crippen LogP contribution in [-0.2, 0) is 16.1 Å². The molecule has 2 amide bonds. The van der Waals surface area contributed by atoms with Gasteiger partial charge < -0.3 is 10.2 Å². The summed E-state index contributed by atoms with van der Waals surface area (Å²) in [6.45, 7) is 7.05. The van der Waals surface area contributed by atoms with Crippen molar-refractivity contribution < 1.29 is 9.59 Å². The van der Waals surface area contributed by atoms with E-state index < -0.39 is 0 Å². The van der Waals surface area contributed by atoms with Crippen LogP contribution in [0, 0.1) is 13.8 Å². The van der Waals surface area contributed by atoms with Crippen molar-refractivity contribution in [2.45, 2.75) is 32.5 Å². The molecule has 158 valence electrons. The molecule has 1 aromatic carbocycles. The van der Waals surface area contributed by atoms with Crippen LogP contribution in [-0.4, -0.2) is 45.1 Å². The molecule has 1 N–H and O–H groups in total. The van der Waals surface area contributed by atoms with Crippen LogP contribution in [0.3, 0.4) is 0 Å². The predicted molar refractivity (Wildman–Crippen MR) is 122 cm³/mol. The molecule has 0 bridgehead atoms. The first-order chi connectivity index (χ1) is 14.5. The number of aryl methyl sites for hydroxylation is 2. The number of thiophene rings is 1. The zero-order valence-electron chi connectivity index (χ0n) is 17.4. The molecule has 0 aliphatic carbocycles. The number of rotatable bonds is 9. The molecule has 3 rings (SSSR count). The second-order valence-corrected chi connectivity index (χ2v) is 8.90. The van der Waals surface area contributed by atoms with Crippen molar-refractivity contribution in [3.8, 4) is 5.69 Å². The van der Waals surface area contributed by atoms with Crippen LogP contribution in [0.25, 0.3) is 5.69 Å².